The number of benzene rings is 2. The van der Waals surface area contributed by atoms with E-state index in [9.17, 15) is 9.90 Å². The molecule has 0 atom stereocenters. The number of hydrogen-bond donors (Lipinski definition) is 1. The van der Waals surface area contributed by atoms with Crippen LogP contribution in [-0.4, -0.2) is 20.6 Å². The number of aromatic nitrogens is 2. The first-order chi connectivity index (χ1) is 16.1. The smallest absolute Gasteiger partial charge is 0.337 e. The van der Waals surface area contributed by atoms with Gasteiger partial charge in [-0.3, -0.25) is 0 Å². The fraction of sp³-hybridized carbons (Fsp3) is 0.214. The molecule has 0 bridgehead atoms. The largest absolute Gasteiger partial charge is 0.478 e. The Balaban J connectivity index is 1.72. The summed E-state index contributed by atoms with van der Waals surface area (Å²) in [6.45, 7) is 4.71. The highest BCUT2D eigenvalue weighted by molar-refractivity contribution is 7.11. The van der Waals surface area contributed by atoms with Gasteiger partial charge >= 0.3 is 5.97 Å². The molecule has 0 saturated carbocycles. The lowest BCUT2D eigenvalue weighted by Crippen LogP contribution is -2.10. The van der Waals surface area contributed by atoms with Crippen LogP contribution in [0.5, 0.6) is 0 Å². The molecule has 2 aromatic carbocycles. The Morgan fingerprint density at radius 1 is 1.00 bits per heavy atom. The number of imidazole rings is 1. The maximum absolute atomic E-state index is 12.2. The highest BCUT2D eigenvalue weighted by Gasteiger charge is 2.20. The third kappa shape index (κ3) is 5.15. The molecule has 1 N–H and O–H groups in total. The third-order valence-corrected chi connectivity index (χ3v) is 6.72. The van der Waals surface area contributed by atoms with Crippen molar-refractivity contribution in [3.8, 4) is 11.1 Å². The fourth-order valence-electron chi connectivity index (χ4n) is 4.04. The predicted molar refractivity (Wildman–Crippen MR) is 136 cm³/mol. The van der Waals surface area contributed by atoms with E-state index in [0.29, 0.717) is 12.1 Å². The second-order valence-electron chi connectivity index (χ2n) is 8.09. The molecule has 0 fully saturated rings. The van der Waals surface area contributed by atoms with Gasteiger partial charge in [0.1, 0.15) is 5.82 Å². The number of unbranched alkanes of at least 4 members (excludes halogenated alkanes) is 1. The first kappa shape index (κ1) is 22.7. The predicted octanol–water partition coefficient (Wildman–Crippen LogP) is 7.02. The molecule has 0 unspecified atom stereocenters. The normalized spacial score (nSPS) is 11.9. The Morgan fingerprint density at radius 2 is 1.73 bits per heavy atom. The lowest BCUT2D eigenvalue weighted by atomic mass is 10.0. The van der Waals surface area contributed by atoms with E-state index >= 15 is 0 Å². The van der Waals surface area contributed by atoms with Gasteiger partial charge in [0, 0.05) is 17.8 Å². The summed E-state index contributed by atoms with van der Waals surface area (Å²) in [5, 5.41) is 11.9. The lowest BCUT2D eigenvalue weighted by Gasteiger charge is -2.15. The van der Waals surface area contributed by atoms with Crippen molar-refractivity contribution < 1.29 is 9.90 Å². The SMILES string of the molecule is CCCCc1ncc(/C(C)=C(\C(=O)O)c2cccs2)n1Cc1ccc(-c2ccccc2)cc1. The number of thiophene rings is 1. The van der Waals surface area contributed by atoms with Crippen molar-refractivity contribution in [2.24, 2.45) is 0 Å². The number of carboxylic acids is 1. The molecule has 2 heterocycles. The number of aliphatic carboxylic acids is 1. The van der Waals surface area contributed by atoms with Gasteiger partial charge in [-0.2, -0.15) is 0 Å². The molecular weight excluding hydrogens is 428 g/mol. The van der Waals surface area contributed by atoms with Crippen molar-refractivity contribution in [3.63, 3.8) is 0 Å². The lowest BCUT2D eigenvalue weighted by molar-refractivity contribution is -0.130. The van der Waals surface area contributed by atoms with Crippen LogP contribution in [0.15, 0.2) is 78.3 Å². The molecule has 0 amide bonds. The molecule has 168 valence electrons. The number of rotatable bonds is 9. The number of hydrogen-bond acceptors (Lipinski definition) is 3. The molecule has 0 aliphatic rings. The van der Waals surface area contributed by atoms with Crippen LogP contribution in [0.4, 0.5) is 0 Å². The summed E-state index contributed by atoms with van der Waals surface area (Å²) >= 11 is 1.44. The van der Waals surface area contributed by atoms with Crippen LogP contribution in [0.25, 0.3) is 22.3 Å². The van der Waals surface area contributed by atoms with E-state index in [1.165, 1.54) is 22.5 Å². The summed E-state index contributed by atoms with van der Waals surface area (Å²) < 4.78 is 2.18. The highest BCUT2D eigenvalue weighted by atomic mass is 32.1. The van der Waals surface area contributed by atoms with Crippen LogP contribution in [-0.2, 0) is 17.8 Å². The number of carboxylic acid groups (broad SMARTS) is 1. The number of allylic oxidation sites excluding steroid dienone is 1. The van der Waals surface area contributed by atoms with Crippen LogP contribution in [0.1, 0.15) is 48.6 Å². The molecule has 0 saturated heterocycles. The van der Waals surface area contributed by atoms with Crippen molar-refractivity contribution in [3.05, 3.63) is 100 Å². The molecule has 0 aliphatic heterocycles. The van der Waals surface area contributed by atoms with E-state index < -0.39 is 5.97 Å². The average molecular weight is 457 g/mol. The van der Waals surface area contributed by atoms with E-state index in [-0.39, 0.29) is 0 Å². The molecule has 5 heteroatoms. The molecular formula is C28H28N2O2S. The Labute approximate surface area is 198 Å². The van der Waals surface area contributed by atoms with E-state index in [2.05, 4.69) is 47.9 Å². The molecule has 2 aromatic heterocycles. The van der Waals surface area contributed by atoms with Crippen LogP contribution in [0.3, 0.4) is 0 Å². The zero-order valence-electron chi connectivity index (χ0n) is 19.0. The molecule has 4 nitrogen and oxygen atoms in total. The Bertz CT molecular complexity index is 1240. The fourth-order valence-corrected chi connectivity index (χ4v) is 4.86. The molecule has 4 aromatic rings. The number of carbonyl (C=O) groups is 1. The Morgan fingerprint density at radius 3 is 2.36 bits per heavy atom. The van der Waals surface area contributed by atoms with E-state index in [1.54, 1.807) is 0 Å². The van der Waals surface area contributed by atoms with Crippen molar-refractivity contribution in [2.75, 3.05) is 0 Å². The van der Waals surface area contributed by atoms with Gasteiger partial charge in [0.2, 0.25) is 0 Å². The average Bonchev–Trinajstić information content (AvgIpc) is 3.49. The quantitative estimate of drug-likeness (QED) is 0.275. The third-order valence-electron chi connectivity index (χ3n) is 5.83. The zero-order valence-corrected chi connectivity index (χ0v) is 19.8. The minimum absolute atomic E-state index is 0.340. The summed E-state index contributed by atoms with van der Waals surface area (Å²) in [5.74, 6) is 0.0827. The molecule has 0 spiro atoms. The van der Waals surface area contributed by atoms with Crippen molar-refractivity contribution in [2.45, 2.75) is 39.7 Å². The summed E-state index contributed by atoms with van der Waals surface area (Å²) in [4.78, 5) is 17.6. The molecule has 33 heavy (non-hydrogen) atoms. The molecule has 4 rings (SSSR count). The standard InChI is InChI=1S/C28H28N2O2S/c1-3-4-12-26-29-18-24(20(2)27(28(31)32)25-11-8-17-33-25)30(26)19-21-13-15-23(16-14-21)22-9-6-5-7-10-22/h5-11,13-18H,3-4,12,19H2,1-2H3,(H,31,32)/b27-20-. The maximum atomic E-state index is 12.2. The van der Waals surface area contributed by atoms with Crippen molar-refractivity contribution in [1.29, 1.82) is 0 Å². The minimum Gasteiger partial charge on any atom is -0.478 e. The van der Waals surface area contributed by atoms with E-state index in [4.69, 9.17) is 4.98 Å². The van der Waals surface area contributed by atoms with Crippen molar-refractivity contribution >= 4 is 28.5 Å². The van der Waals surface area contributed by atoms with Gasteiger partial charge in [-0.1, -0.05) is 74.0 Å². The number of aryl methyl sites for hydroxylation is 1. The number of nitrogens with zero attached hydrogens (tertiary/aromatic N) is 2. The van der Waals surface area contributed by atoms with Crippen molar-refractivity contribution in [1.82, 2.24) is 9.55 Å². The van der Waals surface area contributed by atoms with Gasteiger partial charge in [-0.05, 0) is 47.1 Å². The van der Waals surface area contributed by atoms with E-state index in [1.807, 2.05) is 48.8 Å². The van der Waals surface area contributed by atoms with Gasteiger partial charge < -0.3 is 9.67 Å². The first-order valence-corrected chi connectivity index (χ1v) is 12.1. The van der Waals surface area contributed by atoms with Gasteiger partial charge in [0.05, 0.1) is 17.5 Å². The maximum Gasteiger partial charge on any atom is 0.337 e. The summed E-state index contributed by atoms with van der Waals surface area (Å²) in [5.41, 5.74) is 5.47. The van der Waals surface area contributed by atoms with Crippen LogP contribution in [0.2, 0.25) is 0 Å². The Kier molecular flexibility index (Phi) is 7.20. The van der Waals surface area contributed by atoms with Gasteiger partial charge in [0.25, 0.3) is 0 Å². The summed E-state index contributed by atoms with van der Waals surface area (Å²) in [7, 11) is 0. The van der Waals surface area contributed by atoms with E-state index in [0.717, 1.165) is 46.8 Å². The van der Waals surface area contributed by atoms with Crippen LogP contribution in [0, 0.1) is 0 Å². The van der Waals surface area contributed by atoms with Gasteiger partial charge in [-0.25, -0.2) is 9.78 Å². The molecule has 0 aliphatic carbocycles. The summed E-state index contributed by atoms with van der Waals surface area (Å²) in [6, 6.07) is 22.6. The van der Waals surface area contributed by atoms with Gasteiger partial charge in [-0.15, -0.1) is 11.3 Å². The van der Waals surface area contributed by atoms with Crippen LogP contribution >= 0.6 is 11.3 Å². The van der Waals surface area contributed by atoms with Crippen LogP contribution < -0.4 is 0 Å². The molecule has 0 radical (unpaired) electrons. The zero-order chi connectivity index (χ0) is 23.2. The topological polar surface area (TPSA) is 55.1 Å². The monoisotopic (exact) mass is 456 g/mol. The Hall–Kier alpha value is -3.44. The highest BCUT2D eigenvalue weighted by Crippen LogP contribution is 2.31. The second kappa shape index (κ2) is 10.5. The summed E-state index contributed by atoms with van der Waals surface area (Å²) in [6.07, 6.45) is 4.82. The first-order valence-electron chi connectivity index (χ1n) is 11.3. The van der Waals surface area contributed by atoms with Gasteiger partial charge in [0.15, 0.2) is 0 Å². The minimum atomic E-state index is -0.912. The second-order valence-corrected chi connectivity index (χ2v) is 9.04.